The highest BCUT2D eigenvalue weighted by Gasteiger charge is 2.08. The number of amides is 1. The zero-order valence-electron chi connectivity index (χ0n) is 15.8. The molecule has 4 nitrogen and oxygen atoms in total. The Labute approximate surface area is 168 Å². The summed E-state index contributed by atoms with van der Waals surface area (Å²) in [5.41, 5.74) is 7.55. The van der Waals surface area contributed by atoms with Crippen molar-refractivity contribution in [3.63, 3.8) is 0 Å². The van der Waals surface area contributed by atoms with Crippen molar-refractivity contribution < 1.29 is 18.3 Å². The molecule has 1 amide bonds. The molecule has 29 heavy (non-hydrogen) atoms. The first-order valence-corrected chi connectivity index (χ1v) is 9.30. The first-order valence-electron chi connectivity index (χ1n) is 9.30. The number of nitrogens with two attached hydrogens (primary N) is 1. The zero-order valence-corrected chi connectivity index (χ0v) is 15.8. The predicted molar refractivity (Wildman–Crippen MR) is 109 cm³/mol. The van der Waals surface area contributed by atoms with E-state index < -0.39 is 5.91 Å². The van der Waals surface area contributed by atoms with Crippen molar-refractivity contribution in [3.05, 3.63) is 89.5 Å². The number of halogens is 2. The molecular formula is C23H22F2N2O2. The van der Waals surface area contributed by atoms with Gasteiger partial charge in [-0.25, -0.2) is 8.78 Å². The highest BCUT2D eigenvalue weighted by molar-refractivity contribution is 5.93. The molecule has 0 atom stereocenters. The minimum absolute atomic E-state index is 0.234. The molecule has 0 unspecified atom stereocenters. The molecule has 0 aromatic heterocycles. The number of hydrogen-bond acceptors (Lipinski definition) is 3. The van der Waals surface area contributed by atoms with Crippen molar-refractivity contribution >= 4 is 5.91 Å². The monoisotopic (exact) mass is 396 g/mol. The van der Waals surface area contributed by atoms with Crippen molar-refractivity contribution in [1.82, 2.24) is 5.32 Å². The van der Waals surface area contributed by atoms with Crippen molar-refractivity contribution in [1.29, 1.82) is 0 Å². The number of primary amides is 1. The third-order valence-electron chi connectivity index (χ3n) is 4.45. The van der Waals surface area contributed by atoms with E-state index in [1.807, 2.05) is 6.07 Å². The van der Waals surface area contributed by atoms with Crippen molar-refractivity contribution in [2.45, 2.75) is 6.42 Å². The lowest BCUT2D eigenvalue weighted by atomic mass is 10.0. The van der Waals surface area contributed by atoms with Crippen LogP contribution in [0.5, 0.6) is 5.75 Å². The molecule has 150 valence electrons. The van der Waals surface area contributed by atoms with Crippen LogP contribution in [0.1, 0.15) is 15.9 Å². The molecule has 3 rings (SSSR count). The molecule has 0 aliphatic rings. The average molecular weight is 396 g/mol. The summed E-state index contributed by atoms with van der Waals surface area (Å²) in [5.74, 6) is -0.592. The Bertz CT molecular complexity index is 975. The fourth-order valence-corrected chi connectivity index (χ4v) is 2.92. The van der Waals surface area contributed by atoms with E-state index in [4.69, 9.17) is 10.5 Å². The molecule has 0 aliphatic heterocycles. The van der Waals surface area contributed by atoms with Gasteiger partial charge in [0.25, 0.3) is 0 Å². The van der Waals surface area contributed by atoms with E-state index in [9.17, 15) is 13.6 Å². The van der Waals surface area contributed by atoms with Crippen LogP contribution >= 0.6 is 0 Å². The summed E-state index contributed by atoms with van der Waals surface area (Å²) in [5, 5.41) is 3.23. The Morgan fingerprint density at radius 3 is 2.48 bits per heavy atom. The van der Waals surface area contributed by atoms with Crippen molar-refractivity contribution in [3.8, 4) is 16.9 Å². The van der Waals surface area contributed by atoms with Gasteiger partial charge in [0.05, 0.1) is 0 Å². The molecule has 0 fully saturated rings. The largest absolute Gasteiger partial charge is 0.492 e. The summed E-state index contributed by atoms with van der Waals surface area (Å²) in [6, 6.07) is 17.5. The molecule has 6 heteroatoms. The second-order valence-electron chi connectivity index (χ2n) is 6.56. The smallest absolute Gasteiger partial charge is 0.248 e. The van der Waals surface area contributed by atoms with E-state index in [-0.39, 0.29) is 11.6 Å². The number of nitrogens with one attached hydrogen (secondary N) is 1. The van der Waals surface area contributed by atoms with Gasteiger partial charge in [0, 0.05) is 17.7 Å². The van der Waals surface area contributed by atoms with Gasteiger partial charge >= 0.3 is 0 Å². The summed E-state index contributed by atoms with van der Waals surface area (Å²) in [4.78, 5) is 11.2. The normalized spacial score (nSPS) is 10.7. The topological polar surface area (TPSA) is 64.4 Å². The number of benzene rings is 3. The molecular weight excluding hydrogens is 374 g/mol. The number of rotatable bonds is 9. The summed E-state index contributed by atoms with van der Waals surface area (Å²) < 4.78 is 33.0. The third kappa shape index (κ3) is 5.86. The number of carbonyl (C=O) groups is 1. The van der Waals surface area contributed by atoms with Gasteiger partial charge in [-0.3, -0.25) is 4.79 Å². The van der Waals surface area contributed by atoms with Gasteiger partial charge in [0.15, 0.2) is 0 Å². The Kier molecular flexibility index (Phi) is 6.92. The van der Waals surface area contributed by atoms with E-state index in [0.29, 0.717) is 42.1 Å². The zero-order chi connectivity index (χ0) is 20.6. The third-order valence-corrected chi connectivity index (χ3v) is 4.45. The standard InChI is InChI=1S/C23H22F2N2O2/c24-19-3-1-2-16(14-19)10-11-27-12-13-29-20-8-9-22(25)21(15-20)17-4-6-18(7-5-17)23(26)28/h1-9,14-15,27H,10-13H2,(H2,26,28). The van der Waals surface area contributed by atoms with Crippen LogP contribution in [-0.4, -0.2) is 25.6 Å². The Balaban J connectivity index is 1.50. The maximum Gasteiger partial charge on any atom is 0.248 e. The van der Waals surface area contributed by atoms with Crippen LogP contribution in [0.15, 0.2) is 66.7 Å². The average Bonchev–Trinajstić information content (AvgIpc) is 2.72. The fraction of sp³-hybridized carbons (Fsp3) is 0.174. The van der Waals surface area contributed by atoms with Crippen molar-refractivity contribution in [2.75, 3.05) is 19.7 Å². The quantitative estimate of drug-likeness (QED) is 0.539. The Morgan fingerprint density at radius 2 is 1.76 bits per heavy atom. The van der Waals surface area contributed by atoms with Crippen LogP contribution in [0.3, 0.4) is 0 Å². The van der Waals surface area contributed by atoms with E-state index in [1.165, 1.54) is 18.2 Å². The fourth-order valence-electron chi connectivity index (χ4n) is 2.92. The number of ether oxygens (including phenoxy) is 1. The van der Waals surface area contributed by atoms with E-state index in [0.717, 1.165) is 12.0 Å². The lowest BCUT2D eigenvalue weighted by Gasteiger charge is -2.10. The second kappa shape index (κ2) is 9.80. The second-order valence-corrected chi connectivity index (χ2v) is 6.56. The maximum absolute atomic E-state index is 14.2. The first-order chi connectivity index (χ1) is 14.0. The summed E-state index contributed by atoms with van der Waals surface area (Å²) in [6.45, 7) is 1.72. The van der Waals surface area contributed by atoms with Gasteiger partial charge in [-0.2, -0.15) is 0 Å². The van der Waals surface area contributed by atoms with Gasteiger partial charge in [-0.05, 0) is 66.6 Å². The van der Waals surface area contributed by atoms with Gasteiger partial charge in [0.1, 0.15) is 24.0 Å². The minimum atomic E-state index is -0.529. The van der Waals surface area contributed by atoms with E-state index in [1.54, 1.807) is 42.5 Å². The van der Waals surface area contributed by atoms with Crippen LogP contribution in [-0.2, 0) is 6.42 Å². The maximum atomic E-state index is 14.2. The predicted octanol–water partition coefficient (Wildman–Crippen LogP) is 3.94. The Morgan fingerprint density at radius 1 is 0.966 bits per heavy atom. The summed E-state index contributed by atoms with van der Waals surface area (Å²) >= 11 is 0. The molecule has 3 N–H and O–H groups in total. The summed E-state index contributed by atoms with van der Waals surface area (Å²) in [7, 11) is 0. The lowest BCUT2D eigenvalue weighted by Crippen LogP contribution is -2.23. The van der Waals surface area contributed by atoms with Crippen molar-refractivity contribution in [2.24, 2.45) is 5.73 Å². The molecule has 3 aromatic carbocycles. The van der Waals surface area contributed by atoms with Crippen LogP contribution in [0.4, 0.5) is 8.78 Å². The first kappa shape index (κ1) is 20.5. The highest BCUT2D eigenvalue weighted by atomic mass is 19.1. The molecule has 0 spiro atoms. The Hall–Kier alpha value is -3.25. The SMILES string of the molecule is NC(=O)c1ccc(-c2cc(OCCNCCc3cccc(F)c3)ccc2F)cc1. The van der Waals surface area contributed by atoms with Gasteiger partial charge < -0.3 is 15.8 Å². The van der Waals surface area contributed by atoms with Gasteiger partial charge in [-0.1, -0.05) is 24.3 Å². The molecule has 0 aliphatic carbocycles. The summed E-state index contributed by atoms with van der Waals surface area (Å²) in [6.07, 6.45) is 0.722. The van der Waals surface area contributed by atoms with E-state index >= 15 is 0 Å². The lowest BCUT2D eigenvalue weighted by molar-refractivity contribution is 0.100. The minimum Gasteiger partial charge on any atom is -0.492 e. The number of hydrogen-bond donors (Lipinski definition) is 2. The van der Waals surface area contributed by atoms with Crippen LogP contribution in [0, 0.1) is 11.6 Å². The highest BCUT2D eigenvalue weighted by Crippen LogP contribution is 2.27. The molecule has 0 radical (unpaired) electrons. The molecule has 0 saturated heterocycles. The van der Waals surface area contributed by atoms with Crippen LogP contribution in [0.25, 0.3) is 11.1 Å². The van der Waals surface area contributed by atoms with Gasteiger partial charge in [-0.15, -0.1) is 0 Å². The van der Waals surface area contributed by atoms with Gasteiger partial charge in [0.2, 0.25) is 5.91 Å². The molecule has 3 aromatic rings. The van der Waals surface area contributed by atoms with Crippen LogP contribution in [0.2, 0.25) is 0 Å². The van der Waals surface area contributed by atoms with Crippen LogP contribution < -0.4 is 15.8 Å². The molecule has 0 heterocycles. The molecule has 0 bridgehead atoms. The molecule has 0 saturated carbocycles. The van der Waals surface area contributed by atoms with E-state index in [2.05, 4.69) is 5.32 Å². The number of carbonyl (C=O) groups excluding carboxylic acids is 1.